The molecule has 0 atom stereocenters. The van der Waals surface area contributed by atoms with Crippen LogP contribution in [0.15, 0.2) is 18.2 Å². The van der Waals surface area contributed by atoms with Gasteiger partial charge in [-0.1, -0.05) is 32.0 Å². The molecule has 0 spiro atoms. The van der Waals surface area contributed by atoms with Crippen LogP contribution >= 0.6 is 0 Å². The van der Waals surface area contributed by atoms with Crippen LogP contribution in [0.1, 0.15) is 30.5 Å². The van der Waals surface area contributed by atoms with Gasteiger partial charge in [-0.3, -0.25) is 0 Å². The number of rotatable bonds is 2. The average molecular weight is 147 g/mol. The van der Waals surface area contributed by atoms with Crippen molar-refractivity contribution in [3.63, 3.8) is 0 Å². The molecule has 0 unspecified atom stereocenters. The Kier molecular flexibility index (Phi) is 2.70. The molecule has 0 aliphatic carbocycles. The summed E-state index contributed by atoms with van der Waals surface area (Å²) < 4.78 is 0. The molecule has 0 heterocycles. The van der Waals surface area contributed by atoms with E-state index in [1.807, 2.05) is 0 Å². The molecule has 1 aromatic rings. The van der Waals surface area contributed by atoms with E-state index in [0.717, 1.165) is 18.4 Å². The molecule has 1 rings (SSSR count). The molecule has 0 N–H and O–H groups in total. The van der Waals surface area contributed by atoms with Crippen LogP contribution < -0.4 is 0 Å². The highest BCUT2D eigenvalue weighted by molar-refractivity contribution is 5.33. The molecule has 0 fully saturated rings. The maximum absolute atomic E-state index is 3.90. The normalized spacial score (nSPS) is 10.1. The number of aryl methyl sites for hydroxylation is 2. The summed E-state index contributed by atoms with van der Waals surface area (Å²) in [4.78, 5) is 0. The van der Waals surface area contributed by atoms with Crippen LogP contribution in [-0.4, -0.2) is 0 Å². The minimum atomic E-state index is 1.12. The van der Waals surface area contributed by atoms with E-state index in [1.54, 1.807) is 0 Å². The third-order valence-electron chi connectivity index (χ3n) is 2.03. The molecule has 0 saturated heterocycles. The number of hydrogen-bond acceptors (Lipinski definition) is 0. The van der Waals surface area contributed by atoms with Gasteiger partial charge in [0.1, 0.15) is 0 Å². The highest BCUT2D eigenvalue weighted by Gasteiger charge is 1.97. The molecule has 1 aromatic carbocycles. The molecule has 0 nitrogen and oxygen atoms in total. The van der Waals surface area contributed by atoms with Gasteiger partial charge >= 0.3 is 0 Å². The fourth-order valence-corrected chi connectivity index (χ4v) is 1.35. The average Bonchev–Trinajstić information content (AvgIpc) is 2.04. The first kappa shape index (κ1) is 8.32. The topological polar surface area (TPSA) is 0 Å². The Morgan fingerprint density at radius 2 is 1.73 bits per heavy atom. The Hall–Kier alpha value is -0.780. The molecular weight excluding hydrogens is 132 g/mol. The Labute approximate surface area is 69.3 Å². The van der Waals surface area contributed by atoms with E-state index in [4.69, 9.17) is 0 Å². The van der Waals surface area contributed by atoms with Gasteiger partial charge in [-0.2, -0.15) is 0 Å². The van der Waals surface area contributed by atoms with Crippen LogP contribution in [0.25, 0.3) is 0 Å². The molecule has 0 bridgehead atoms. The van der Waals surface area contributed by atoms with Crippen LogP contribution in [-0.2, 0) is 12.8 Å². The second-order valence-electron chi connectivity index (χ2n) is 2.81. The van der Waals surface area contributed by atoms with Gasteiger partial charge in [0.05, 0.1) is 0 Å². The molecule has 11 heavy (non-hydrogen) atoms. The van der Waals surface area contributed by atoms with E-state index in [1.165, 1.54) is 11.1 Å². The van der Waals surface area contributed by atoms with Gasteiger partial charge in [0.2, 0.25) is 0 Å². The first-order valence-corrected chi connectivity index (χ1v) is 4.21. The zero-order chi connectivity index (χ0) is 8.27. The molecule has 0 aromatic heterocycles. The van der Waals surface area contributed by atoms with Gasteiger partial charge in [-0.05, 0) is 36.5 Å². The van der Waals surface area contributed by atoms with E-state index in [2.05, 4.69) is 39.0 Å². The summed E-state index contributed by atoms with van der Waals surface area (Å²) in [5.74, 6) is 0. The smallest absolute Gasteiger partial charge is 0.0238 e. The molecule has 59 valence electrons. The predicted molar refractivity (Wildman–Crippen MR) is 49.7 cm³/mol. The van der Waals surface area contributed by atoms with Crippen molar-refractivity contribution in [3.05, 3.63) is 41.8 Å². The molecule has 0 aliphatic rings. The molecular formula is C11H15. The maximum Gasteiger partial charge on any atom is -0.0238 e. The van der Waals surface area contributed by atoms with Gasteiger partial charge in [0.25, 0.3) is 0 Å². The fraction of sp³-hybridized carbons (Fsp3) is 0.364. The van der Waals surface area contributed by atoms with Crippen molar-refractivity contribution in [2.24, 2.45) is 0 Å². The summed E-state index contributed by atoms with van der Waals surface area (Å²) >= 11 is 0. The molecule has 0 heteroatoms. The summed E-state index contributed by atoms with van der Waals surface area (Å²) in [6.07, 6.45) is 2.25. The second-order valence-corrected chi connectivity index (χ2v) is 2.81. The van der Waals surface area contributed by atoms with E-state index >= 15 is 0 Å². The monoisotopic (exact) mass is 147 g/mol. The van der Waals surface area contributed by atoms with Crippen molar-refractivity contribution in [1.82, 2.24) is 0 Å². The first-order valence-electron chi connectivity index (χ1n) is 4.21. The third kappa shape index (κ3) is 1.83. The molecule has 0 saturated carbocycles. The lowest BCUT2D eigenvalue weighted by Crippen LogP contribution is -1.90. The largest absolute Gasteiger partial charge is 0.0613 e. The lowest BCUT2D eigenvalue weighted by Gasteiger charge is -2.05. The van der Waals surface area contributed by atoms with Crippen LogP contribution in [0.4, 0.5) is 0 Å². The Bertz CT molecular complexity index is 236. The maximum atomic E-state index is 3.90. The lowest BCUT2D eigenvalue weighted by atomic mass is 10.0. The van der Waals surface area contributed by atoms with Crippen LogP contribution in [0.2, 0.25) is 0 Å². The van der Waals surface area contributed by atoms with Crippen molar-refractivity contribution in [3.8, 4) is 0 Å². The minimum absolute atomic E-state index is 1.12. The van der Waals surface area contributed by atoms with Crippen LogP contribution in [0.3, 0.4) is 0 Å². The number of hydrogen-bond donors (Lipinski definition) is 0. The molecule has 1 radical (unpaired) electrons. The zero-order valence-corrected chi connectivity index (χ0v) is 7.35. The van der Waals surface area contributed by atoms with E-state index in [-0.39, 0.29) is 0 Å². The fourth-order valence-electron chi connectivity index (χ4n) is 1.35. The Balaban J connectivity index is 3.06. The molecule has 0 amide bonds. The van der Waals surface area contributed by atoms with Gasteiger partial charge in [-0.25, -0.2) is 0 Å². The van der Waals surface area contributed by atoms with Gasteiger partial charge in [-0.15, -0.1) is 0 Å². The summed E-state index contributed by atoms with van der Waals surface area (Å²) in [6, 6.07) is 6.44. The summed E-state index contributed by atoms with van der Waals surface area (Å²) in [7, 11) is 0. The van der Waals surface area contributed by atoms with Crippen molar-refractivity contribution >= 4 is 0 Å². The SMILES string of the molecule is [CH2]c1ccc(CC)c(CC)c1. The van der Waals surface area contributed by atoms with Gasteiger partial charge in [0.15, 0.2) is 0 Å². The van der Waals surface area contributed by atoms with E-state index in [0.29, 0.717) is 0 Å². The minimum Gasteiger partial charge on any atom is -0.0613 e. The predicted octanol–water partition coefficient (Wildman–Crippen LogP) is 2.99. The Morgan fingerprint density at radius 3 is 2.27 bits per heavy atom. The highest BCUT2D eigenvalue weighted by Crippen LogP contribution is 2.12. The number of benzene rings is 1. The van der Waals surface area contributed by atoms with Crippen molar-refractivity contribution in [1.29, 1.82) is 0 Å². The van der Waals surface area contributed by atoms with Crippen molar-refractivity contribution in [2.75, 3.05) is 0 Å². The standard InChI is InChI=1S/C11H15/c1-4-10-7-6-9(3)8-11(10)5-2/h6-8H,3-5H2,1-2H3. The lowest BCUT2D eigenvalue weighted by molar-refractivity contribution is 1.03. The van der Waals surface area contributed by atoms with Crippen molar-refractivity contribution in [2.45, 2.75) is 26.7 Å². The van der Waals surface area contributed by atoms with E-state index < -0.39 is 0 Å². The second kappa shape index (κ2) is 3.56. The van der Waals surface area contributed by atoms with Crippen LogP contribution in [0, 0.1) is 6.92 Å². The molecule has 0 aliphatic heterocycles. The summed E-state index contributed by atoms with van der Waals surface area (Å²) in [5, 5.41) is 0. The third-order valence-corrected chi connectivity index (χ3v) is 2.03. The first-order chi connectivity index (χ1) is 5.27. The van der Waals surface area contributed by atoms with Crippen LogP contribution in [0.5, 0.6) is 0 Å². The Morgan fingerprint density at radius 1 is 1.09 bits per heavy atom. The highest BCUT2D eigenvalue weighted by atomic mass is 14.0. The van der Waals surface area contributed by atoms with Crippen molar-refractivity contribution < 1.29 is 0 Å². The van der Waals surface area contributed by atoms with E-state index in [9.17, 15) is 0 Å². The van der Waals surface area contributed by atoms with Gasteiger partial charge < -0.3 is 0 Å². The summed E-state index contributed by atoms with van der Waals surface area (Å²) in [6.45, 7) is 8.28. The van der Waals surface area contributed by atoms with Gasteiger partial charge in [0, 0.05) is 0 Å². The zero-order valence-electron chi connectivity index (χ0n) is 7.35. The summed E-state index contributed by atoms with van der Waals surface area (Å²) in [5.41, 5.74) is 4.03. The quantitative estimate of drug-likeness (QED) is 0.603.